The van der Waals surface area contributed by atoms with Crippen LogP contribution in [0.2, 0.25) is 0 Å². The normalized spacial score (nSPS) is 10.4. The van der Waals surface area contributed by atoms with E-state index in [1.54, 1.807) is 12.1 Å². The average Bonchev–Trinajstić information content (AvgIpc) is 2.83. The molecule has 5 nitrogen and oxygen atoms in total. The van der Waals surface area contributed by atoms with E-state index in [-0.39, 0.29) is 18.7 Å². The second-order valence-corrected chi connectivity index (χ2v) is 7.21. The lowest BCUT2D eigenvalue weighted by molar-refractivity contribution is 0.0600. The maximum atomic E-state index is 11.7. The Balaban J connectivity index is 1.36. The van der Waals surface area contributed by atoms with Gasteiger partial charge in [0.05, 0.1) is 12.7 Å². The van der Waals surface area contributed by atoms with Crippen molar-refractivity contribution in [1.29, 1.82) is 0 Å². The molecule has 3 aromatic rings. The summed E-state index contributed by atoms with van der Waals surface area (Å²) in [4.78, 5) is 23.3. The van der Waals surface area contributed by atoms with Crippen molar-refractivity contribution in [2.75, 3.05) is 13.7 Å². The van der Waals surface area contributed by atoms with Gasteiger partial charge >= 0.3 is 12.1 Å². The second kappa shape index (κ2) is 11.6. The summed E-state index contributed by atoms with van der Waals surface area (Å²) in [5.74, 6) is -0.333. The van der Waals surface area contributed by atoms with Gasteiger partial charge in [-0.25, -0.2) is 9.59 Å². The summed E-state index contributed by atoms with van der Waals surface area (Å²) < 4.78 is 9.93. The Morgan fingerprint density at radius 3 is 2.06 bits per heavy atom. The molecule has 0 bridgehead atoms. The number of esters is 1. The number of hydrogen-bond acceptors (Lipinski definition) is 4. The Hall–Kier alpha value is -3.60. The highest BCUT2D eigenvalue weighted by molar-refractivity contribution is 5.89. The SMILES string of the molecule is COC(=O)c1ccc(-c2ccc(CCCCNC(=O)OCc3ccccc3)cc2)cc1. The number of ether oxygens (including phenoxy) is 2. The lowest BCUT2D eigenvalue weighted by Crippen LogP contribution is -2.25. The van der Waals surface area contributed by atoms with Crippen LogP contribution in [0.15, 0.2) is 78.9 Å². The minimum absolute atomic E-state index is 0.282. The second-order valence-electron chi connectivity index (χ2n) is 7.21. The highest BCUT2D eigenvalue weighted by Crippen LogP contribution is 2.21. The van der Waals surface area contributed by atoms with E-state index in [1.807, 2.05) is 42.5 Å². The van der Waals surface area contributed by atoms with Crippen LogP contribution in [0.3, 0.4) is 0 Å². The van der Waals surface area contributed by atoms with E-state index in [2.05, 4.69) is 29.6 Å². The van der Waals surface area contributed by atoms with Crippen molar-refractivity contribution in [3.8, 4) is 11.1 Å². The maximum Gasteiger partial charge on any atom is 0.407 e. The number of rotatable bonds is 9. The molecule has 0 fully saturated rings. The first-order valence-electron chi connectivity index (χ1n) is 10.4. The van der Waals surface area contributed by atoms with Crippen molar-refractivity contribution in [2.24, 2.45) is 0 Å². The van der Waals surface area contributed by atoms with Crippen molar-refractivity contribution >= 4 is 12.1 Å². The number of alkyl carbamates (subject to hydrolysis) is 1. The Bertz CT molecular complexity index is 967. The lowest BCUT2D eigenvalue weighted by atomic mass is 10.0. The fraction of sp³-hybridized carbons (Fsp3) is 0.231. The topological polar surface area (TPSA) is 64.6 Å². The number of hydrogen-bond donors (Lipinski definition) is 1. The van der Waals surface area contributed by atoms with Crippen LogP contribution >= 0.6 is 0 Å². The number of methoxy groups -OCH3 is 1. The molecule has 160 valence electrons. The molecule has 0 heterocycles. The standard InChI is InChI=1S/C26H27NO4/c1-30-25(28)24-16-14-23(15-17-24)22-12-10-20(11-13-22)7-5-6-18-27-26(29)31-19-21-8-3-2-4-9-21/h2-4,8-17H,5-7,18-19H2,1H3,(H,27,29). The van der Waals surface area contributed by atoms with E-state index in [0.29, 0.717) is 12.1 Å². The van der Waals surface area contributed by atoms with Crippen LogP contribution in [-0.4, -0.2) is 25.7 Å². The number of amides is 1. The molecule has 0 aliphatic carbocycles. The summed E-state index contributed by atoms with van der Waals surface area (Å²) in [6.07, 6.45) is 2.43. The Morgan fingerprint density at radius 2 is 1.42 bits per heavy atom. The van der Waals surface area contributed by atoms with Crippen molar-refractivity contribution < 1.29 is 19.1 Å². The van der Waals surface area contributed by atoms with Crippen LogP contribution in [0.4, 0.5) is 4.79 Å². The lowest BCUT2D eigenvalue weighted by Gasteiger charge is -2.08. The third-order valence-electron chi connectivity index (χ3n) is 4.97. The molecule has 0 aromatic heterocycles. The molecule has 3 rings (SSSR count). The first-order chi connectivity index (χ1) is 15.2. The smallest absolute Gasteiger partial charge is 0.407 e. The molecule has 0 atom stereocenters. The molecule has 31 heavy (non-hydrogen) atoms. The zero-order chi connectivity index (χ0) is 21.9. The maximum absolute atomic E-state index is 11.7. The van der Waals surface area contributed by atoms with Crippen LogP contribution in [0.25, 0.3) is 11.1 Å². The van der Waals surface area contributed by atoms with Crippen molar-refractivity contribution in [2.45, 2.75) is 25.9 Å². The van der Waals surface area contributed by atoms with Crippen molar-refractivity contribution in [3.05, 3.63) is 95.6 Å². The van der Waals surface area contributed by atoms with Gasteiger partial charge in [0.1, 0.15) is 6.61 Å². The fourth-order valence-electron chi connectivity index (χ4n) is 3.20. The highest BCUT2D eigenvalue weighted by atomic mass is 16.5. The predicted molar refractivity (Wildman–Crippen MR) is 121 cm³/mol. The van der Waals surface area contributed by atoms with Crippen molar-refractivity contribution in [3.63, 3.8) is 0 Å². The Kier molecular flexibility index (Phi) is 8.23. The van der Waals surface area contributed by atoms with E-state index in [4.69, 9.17) is 9.47 Å². The molecule has 1 N–H and O–H groups in total. The van der Waals surface area contributed by atoms with E-state index < -0.39 is 0 Å². The Morgan fingerprint density at radius 1 is 0.774 bits per heavy atom. The van der Waals surface area contributed by atoms with Gasteiger partial charge in [-0.05, 0) is 53.6 Å². The van der Waals surface area contributed by atoms with Gasteiger partial charge in [-0.3, -0.25) is 0 Å². The minimum Gasteiger partial charge on any atom is -0.465 e. The van der Waals surface area contributed by atoms with E-state index >= 15 is 0 Å². The summed E-state index contributed by atoms with van der Waals surface area (Å²) in [6, 6.07) is 25.4. The molecular formula is C26H27NO4. The number of aryl methyl sites for hydroxylation is 1. The van der Waals surface area contributed by atoms with Gasteiger partial charge in [0, 0.05) is 6.54 Å². The molecule has 3 aromatic carbocycles. The Labute approximate surface area is 183 Å². The third kappa shape index (κ3) is 7.00. The van der Waals surface area contributed by atoms with Crippen LogP contribution in [0.1, 0.15) is 34.3 Å². The van der Waals surface area contributed by atoms with Crippen LogP contribution in [0, 0.1) is 0 Å². The fourth-order valence-corrected chi connectivity index (χ4v) is 3.20. The van der Waals surface area contributed by atoms with Gasteiger partial charge in [-0.2, -0.15) is 0 Å². The van der Waals surface area contributed by atoms with Crippen LogP contribution in [0.5, 0.6) is 0 Å². The highest BCUT2D eigenvalue weighted by Gasteiger charge is 2.06. The third-order valence-corrected chi connectivity index (χ3v) is 4.97. The summed E-state index contributed by atoms with van der Waals surface area (Å²) in [7, 11) is 1.38. The van der Waals surface area contributed by atoms with Gasteiger partial charge in [0.25, 0.3) is 0 Å². The number of carbonyl (C=O) groups is 2. The molecule has 0 unspecified atom stereocenters. The number of benzene rings is 3. The molecule has 5 heteroatoms. The number of carbonyl (C=O) groups excluding carboxylic acids is 2. The van der Waals surface area contributed by atoms with Crippen LogP contribution in [-0.2, 0) is 22.5 Å². The molecule has 0 aliphatic heterocycles. The zero-order valence-corrected chi connectivity index (χ0v) is 17.7. The first-order valence-corrected chi connectivity index (χ1v) is 10.4. The quantitative estimate of drug-likeness (QED) is 0.375. The molecule has 0 aliphatic rings. The largest absolute Gasteiger partial charge is 0.465 e. The minimum atomic E-state index is -0.383. The van der Waals surface area contributed by atoms with Crippen LogP contribution < -0.4 is 5.32 Å². The molecule has 1 amide bonds. The summed E-state index contributed by atoms with van der Waals surface area (Å²) in [5, 5.41) is 2.79. The van der Waals surface area contributed by atoms with E-state index in [9.17, 15) is 9.59 Å². The molecule has 0 saturated carbocycles. The number of unbranched alkanes of at least 4 members (excludes halogenated alkanes) is 1. The zero-order valence-electron chi connectivity index (χ0n) is 17.7. The number of nitrogens with one attached hydrogen (secondary N) is 1. The monoisotopic (exact) mass is 417 g/mol. The van der Waals surface area contributed by atoms with Gasteiger partial charge in [-0.1, -0.05) is 66.7 Å². The van der Waals surface area contributed by atoms with E-state index in [0.717, 1.165) is 36.0 Å². The summed E-state index contributed by atoms with van der Waals surface area (Å²) in [6.45, 7) is 0.878. The van der Waals surface area contributed by atoms with Gasteiger partial charge < -0.3 is 14.8 Å². The molecule has 0 radical (unpaired) electrons. The van der Waals surface area contributed by atoms with E-state index in [1.165, 1.54) is 12.7 Å². The first kappa shape index (κ1) is 22.1. The van der Waals surface area contributed by atoms with Gasteiger partial charge in [0.2, 0.25) is 0 Å². The molecule has 0 spiro atoms. The predicted octanol–water partition coefficient (Wildman–Crippen LogP) is 5.39. The summed E-state index contributed by atoms with van der Waals surface area (Å²) in [5.41, 5.74) is 4.92. The van der Waals surface area contributed by atoms with Crippen molar-refractivity contribution in [1.82, 2.24) is 5.32 Å². The van der Waals surface area contributed by atoms with Gasteiger partial charge in [-0.15, -0.1) is 0 Å². The summed E-state index contributed by atoms with van der Waals surface area (Å²) >= 11 is 0. The molecule has 0 saturated heterocycles. The average molecular weight is 418 g/mol. The molecular weight excluding hydrogens is 390 g/mol. The van der Waals surface area contributed by atoms with Gasteiger partial charge in [0.15, 0.2) is 0 Å².